The molecule has 0 spiro atoms. The van der Waals surface area contributed by atoms with Crippen LogP contribution in [0.3, 0.4) is 0 Å². The number of nitrogens with two attached hydrogens (primary N) is 1. The van der Waals surface area contributed by atoms with Gasteiger partial charge in [-0.3, -0.25) is 4.79 Å². The molecule has 0 aliphatic carbocycles. The molecule has 2 atom stereocenters. The number of carbonyl (C=O) groups excluding carboxylic acids is 1. The van der Waals surface area contributed by atoms with Crippen LogP contribution in [0, 0.1) is 5.41 Å². The minimum absolute atomic E-state index is 0.0308. The predicted octanol–water partition coefficient (Wildman–Crippen LogP) is 1.31. The van der Waals surface area contributed by atoms with Gasteiger partial charge in [0.2, 0.25) is 5.91 Å². The summed E-state index contributed by atoms with van der Waals surface area (Å²) < 4.78 is 0. The van der Waals surface area contributed by atoms with Gasteiger partial charge < -0.3 is 15.7 Å². The van der Waals surface area contributed by atoms with Crippen LogP contribution in [0.1, 0.15) is 31.9 Å². The lowest BCUT2D eigenvalue weighted by Gasteiger charge is -2.39. The van der Waals surface area contributed by atoms with E-state index in [1.165, 1.54) is 5.56 Å². The van der Waals surface area contributed by atoms with Gasteiger partial charge in [0.05, 0.1) is 18.7 Å². The molecular weight excluding hydrogens is 252 g/mol. The molecule has 110 valence electrons. The summed E-state index contributed by atoms with van der Waals surface area (Å²) in [5, 5.41) is 9.59. The van der Waals surface area contributed by atoms with Gasteiger partial charge in [0, 0.05) is 6.54 Å². The number of nitrogens with zero attached hydrogens (tertiary/aromatic N) is 1. The molecular formula is C16H24N2O2. The third-order valence-electron chi connectivity index (χ3n) is 4.05. The molecule has 20 heavy (non-hydrogen) atoms. The second-order valence-electron chi connectivity index (χ2n) is 6.62. The first-order chi connectivity index (χ1) is 9.34. The number of rotatable bonds is 2. The topological polar surface area (TPSA) is 66.6 Å². The second kappa shape index (κ2) is 5.54. The number of amides is 1. The van der Waals surface area contributed by atoms with Crippen LogP contribution in [0.2, 0.25) is 0 Å². The summed E-state index contributed by atoms with van der Waals surface area (Å²) in [6.07, 6.45) is 0.690. The van der Waals surface area contributed by atoms with E-state index in [1.807, 2.05) is 39.0 Å². The third-order valence-corrected chi connectivity index (χ3v) is 4.05. The fourth-order valence-corrected chi connectivity index (χ4v) is 2.56. The second-order valence-corrected chi connectivity index (χ2v) is 6.62. The highest BCUT2D eigenvalue weighted by molar-refractivity contribution is 5.83. The lowest BCUT2D eigenvalue weighted by Crippen LogP contribution is -2.55. The fourth-order valence-electron chi connectivity index (χ4n) is 2.56. The van der Waals surface area contributed by atoms with Gasteiger partial charge in [-0.05, 0) is 23.0 Å². The molecule has 0 saturated carbocycles. The number of benzene rings is 1. The quantitative estimate of drug-likeness (QED) is 0.856. The first-order valence-corrected chi connectivity index (χ1v) is 7.08. The molecule has 0 bridgehead atoms. The van der Waals surface area contributed by atoms with Crippen LogP contribution >= 0.6 is 0 Å². The molecule has 0 aromatic heterocycles. The molecule has 1 amide bonds. The summed E-state index contributed by atoms with van der Waals surface area (Å²) in [6, 6.07) is 7.33. The molecule has 1 unspecified atom stereocenters. The molecule has 4 heteroatoms. The van der Waals surface area contributed by atoms with Crippen molar-refractivity contribution in [3.63, 3.8) is 0 Å². The maximum Gasteiger partial charge on any atom is 0.240 e. The predicted molar refractivity (Wildman–Crippen MR) is 79.0 cm³/mol. The molecule has 0 saturated heterocycles. The summed E-state index contributed by atoms with van der Waals surface area (Å²) in [7, 11) is 0. The molecule has 4 nitrogen and oxygen atoms in total. The molecule has 0 fully saturated rings. The van der Waals surface area contributed by atoms with Crippen molar-refractivity contribution in [1.29, 1.82) is 0 Å². The van der Waals surface area contributed by atoms with Crippen LogP contribution in [-0.4, -0.2) is 34.6 Å². The highest BCUT2D eigenvalue weighted by atomic mass is 16.3. The first kappa shape index (κ1) is 15.0. The number of hydrogen-bond acceptors (Lipinski definition) is 3. The van der Waals surface area contributed by atoms with Crippen molar-refractivity contribution in [1.82, 2.24) is 4.90 Å². The zero-order chi connectivity index (χ0) is 14.9. The highest BCUT2D eigenvalue weighted by Gasteiger charge is 2.36. The largest absolute Gasteiger partial charge is 0.394 e. The lowest BCUT2D eigenvalue weighted by atomic mass is 9.85. The fraction of sp³-hybridized carbons (Fsp3) is 0.562. The van der Waals surface area contributed by atoms with Crippen LogP contribution in [0.15, 0.2) is 24.3 Å². The standard InChI is InChI=1S/C16H24N2O2/c1-16(2,3)14(17)15(20)18-9-12-7-5-4-6-11(12)8-13(18)10-19/h4-7,13-14,19H,8-10,17H2,1-3H3/t13?,14-/m1/s1. The number of carbonyl (C=O) groups is 1. The van der Waals surface area contributed by atoms with E-state index in [-0.39, 0.29) is 24.0 Å². The Morgan fingerprint density at radius 3 is 2.55 bits per heavy atom. The van der Waals surface area contributed by atoms with Gasteiger partial charge >= 0.3 is 0 Å². The molecule has 2 rings (SSSR count). The Morgan fingerprint density at radius 1 is 1.40 bits per heavy atom. The van der Waals surface area contributed by atoms with Crippen molar-refractivity contribution in [2.75, 3.05) is 6.61 Å². The molecule has 1 aliphatic rings. The van der Waals surface area contributed by atoms with Gasteiger partial charge in [-0.1, -0.05) is 45.0 Å². The highest BCUT2D eigenvalue weighted by Crippen LogP contribution is 2.26. The minimum Gasteiger partial charge on any atom is -0.394 e. The maximum atomic E-state index is 12.6. The Bertz CT molecular complexity index is 493. The maximum absolute atomic E-state index is 12.6. The Labute approximate surface area is 120 Å². The summed E-state index contributed by atoms with van der Waals surface area (Å²) in [5.41, 5.74) is 8.16. The average molecular weight is 276 g/mol. The van der Waals surface area contributed by atoms with Gasteiger partial charge in [-0.2, -0.15) is 0 Å². The van der Waals surface area contributed by atoms with E-state index in [1.54, 1.807) is 4.90 Å². The minimum atomic E-state index is -0.554. The van der Waals surface area contributed by atoms with Gasteiger partial charge in [-0.25, -0.2) is 0 Å². The Balaban J connectivity index is 2.25. The van der Waals surface area contributed by atoms with Crippen molar-refractivity contribution >= 4 is 5.91 Å². The number of hydrogen-bond donors (Lipinski definition) is 2. The van der Waals surface area contributed by atoms with Crippen molar-refractivity contribution < 1.29 is 9.90 Å². The molecule has 1 aliphatic heterocycles. The number of fused-ring (bicyclic) bond motifs is 1. The van der Waals surface area contributed by atoms with E-state index in [9.17, 15) is 9.90 Å². The molecule has 1 aromatic rings. The van der Waals surface area contributed by atoms with Crippen molar-refractivity contribution in [2.24, 2.45) is 11.1 Å². The van der Waals surface area contributed by atoms with E-state index in [0.29, 0.717) is 13.0 Å². The van der Waals surface area contributed by atoms with Crippen LogP contribution < -0.4 is 5.73 Å². The van der Waals surface area contributed by atoms with E-state index < -0.39 is 6.04 Å². The van der Waals surface area contributed by atoms with Crippen molar-refractivity contribution in [3.05, 3.63) is 35.4 Å². The monoisotopic (exact) mass is 276 g/mol. The van der Waals surface area contributed by atoms with Gasteiger partial charge in [-0.15, -0.1) is 0 Å². The van der Waals surface area contributed by atoms with Crippen LogP contribution in [0.25, 0.3) is 0 Å². The number of aliphatic hydroxyl groups is 1. The normalized spacial score (nSPS) is 20.4. The Morgan fingerprint density at radius 2 is 2.00 bits per heavy atom. The van der Waals surface area contributed by atoms with Gasteiger partial charge in [0.1, 0.15) is 0 Å². The van der Waals surface area contributed by atoms with Crippen LogP contribution in [0.4, 0.5) is 0 Å². The average Bonchev–Trinajstić information content (AvgIpc) is 2.43. The summed E-state index contributed by atoms with van der Waals surface area (Å²) >= 11 is 0. The van der Waals surface area contributed by atoms with E-state index in [0.717, 1.165) is 5.56 Å². The summed E-state index contributed by atoms with van der Waals surface area (Å²) in [6.45, 7) is 6.38. The Hall–Kier alpha value is -1.39. The lowest BCUT2D eigenvalue weighted by molar-refractivity contribution is -0.139. The number of aliphatic hydroxyl groups excluding tert-OH is 1. The van der Waals surface area contributed by atoms with Crippen LogP contribution in [-0.2, 0) is 17.8 Å². The first-order valence-electron chi connectivity index (χ1n) is 7.08. The zero-order valence-electron chi connectivity index (χ0n) is 12.5. The van der Waals surface area contributed by atoms with E-state index in [2.05, 4.69) is 6.07 Å². The summed E-state index contributed by atoms with van der Waals surface area (Å²) in [5.74, 6) is -0.0777. The molecule has 3 N–H and O–H groups in total. The van der Waals surface area contributed by atoms with Crippen LogP contribution in [0.5, 0.6) is 0 Å². The van der Waals surface area contributed by atoms with E-state index in [4.69, 9.17) is 5.73 Å². The zero-order valence-corrected chi connectivity index (χ0v) is 12.5. The molecule has 0 radical (unpaired) electrons. The smallest absolute Gasteiger partial charge is 0.240 e. The van der Waals surface area contributed by atoms with Crippen molar-refractivity contribution in [3.8, 4) is 0 Å². The summed E-state index contributed by atoms with van der Waals surface area (Å²) in [4.78, 5) is 14.3. The van der Waals surface area contributed by atoms with Gasteiger partial charge in [0.25, 0.3) is 0 Å². The van der Waals surface area contributed by atoms with E-state index >= 15 is 0 Å². The third kappa shape index (κ3) is 2.86. The molecule has 1 aromatic carbocycles. The van der Waals surface area contributed by atoms with Crippen molar-refractivity contribution in [2.45, 2.75) is 45.8 Å². The Kier molecular flexibility index (Phi) is 4.16. The molecule has 1 heterocycles. The SMILES string of the molecule is CC(C)(C)[C@H](N)C(=O)N1Cc2ccccc2CC1CO. The van der Waals surface area contributed by atoms with Gasteiger partial charge in [0.15, 0.2) is 0 Å².